The zero-order valence-electron chi connectivity index (χ0n) is 10.5. The number of halogens is 1. The summed E-state index contributed by atoms with van der Waals surface area (Å²) in [6.07, 6.45) is 3.68. The van der Waals surface area contributed by atoms with Gasteiger partial charge in [0.25, 0.3) is 0 Å². The quantitative estimate of drug-likeness (QED) is 0.922. The zero-order valence-corrected chi connectivity index (χ0v) is 11.2. The predicted octanol–water partition coefficient (Wildman–Crippen LogP) is 2.20. The summed E-state index contributed by atoms with van der Waals surface area (Å²) in [5.41, 5.74) is 1.67. The van der Waals surface area contributed by atoms with Crippen LogP contribution in [0.2, 0.25) is 5.02 Å². The van der Waals surface area contributed by atoms with Gasteiger partial charge in [0.1, 0.15) is 5.82 Å². The van der Waals surface area contributed by atoms with Crippen molar-refractivity contribution in [2.75, 3.05) is 11.9 Å². The van der Waals surface area contributed by atoms with Crippen LogP contribution in [0.4, 0.5) is 5.69 Å². The average Bonchev–Trinajstić information content (AvgIpc) is 2.74. The van der Waals surface area contributed by atoms with Crippen LogP contribution in [0.3, 0.4) is 0 Å². The second kappa shape index (κ2) is 5.42. The molecule has 2 aromatic rings. The monoisotopic (exact) mass is 265 g/mol. The molecule has 5 heteroatoms. The van der Waals surface area contributed by atoms with E-state index >= 15 is 0 Å². The Morgan fingerprint density at radius 3 is 2.83 bits per heavy atom. The number of anilines is 1. The van der Waals surface area contributed by atoms with Crippen LogP contribution < -0.4 is 4.90 Å². The number of imidazole rings is 1. The fourth-order valence-corrected chi connectivity index (χ4v) is 2.14. The number of aliphatic hydroxyl groups excluding tert-OH is 1. The van der Waals surface area contributed by atoms with Crippen LogP contribution in [0.1, 0.15) is 11.4 Å². The molecule has 1 heterocycles. The standard InChI is InChI=1S/C13H16ClN3O/c1-16-7-6-15-13(16)8-17(2)12-5-3-4-11(14)10(12)9-18/h3-7,18H,8-9H2,1-2H3. The molecule has 0 atom stereocenters. The third-order valence-corrected chi connectivity index (χ3v) is 3.32. The van der Waals surface area contributed by atoms with Gasteiger partial charge in [-0.25, -0.2) is 4.98 Å². The maximum absolute atomic E-state index is 9.40. The van der Waals surface area contributed by atoms with E-state index < -0.39 is 0 Å². The minimum absolute atomic E-state index is 0.0695. The highest BCUT2D eigenvalue weighted by Gasteiger charge is 2.11. The summed E-state index contributed by atoms with van der Waals surface area (Å²) in [5.74, 6) is 0.960. The first-order valence-electron chi connectivity index (χ1n) is 5.69. The molecule has 0 amide bonds. The Morgan fingerprint density at radius 2 is 2.22 bits per heavy atom. The van der Waals surface area contributed by atoms with Crippen LogP contribution in [0.5, 0.6) is 0 Å². The highest BCUT2D eigenvalue weighted by atomic mass is 35.5. The molecule has 1 aromatic heterocycles. The van der Waals surface area contributed by atoms with Crippen molar-refractivity contribution in [1.29, 1.82) is 0 Å². The Morgan fingerprint density at radius 1 is 1.44 bits per heavy atom. The molecule has 4 nitrogen and oxygen atoms in total. The van der Waals surface area contributed by atoms with E-state index in [4.69, 9.17) is 11.6 Å². The van der Waals surface area contributed by atoms with Gasteiger partial charge in [-0.05, 0) is 12.1 Å². The Hall–Kier alpha value is -1.52. The maximum atomic E-state index is 9.40. The second-order valence-electron chi connectivity index (χ2n) is 4.21. The number of benzene rings is 1. The van der Waals surface area contributed by atoms with E-state index in [1.165, 1.54) is 0 Å². The average molecular weight is 266 g/mol. The fourth-order valence-electron chi connectivity index (χ4n) is 1.91. The first-order chi connectivity index (χ1) is 8.63. The summed E-state index contributed by atoms with van der Waals surface area (Å²) >= 11 is 6.08. The van der Waals surface area contributed by atoms with Gasteiger partial charge in [0, 0.05) is 42.8 Å². The number of hydrogen-bond acceptors (Lipinski definition) is 3. The van der Waals surface area contributed by atoms with E-state index in [9.17, 15) is 5.11 Å². The van der Waals surface area contributed by atoms with Crippen molar-refractivity contribution in [3.05, 3.63) is 47.0 Å². The minimum atomic E-state index is -0.0695. The molecule has 0 bridgehead atoms. The van der Waals surface area contributed by atoms with E-state index in [0.29, 0.717) is 11.6 Å². The number of aryl methyl sites for hydroxylation is 1. The highest BCUT2D eigenvalue weighted by Crippen LogP contribution is 2.27. The molecule has 0 spiro atoms. The molecule has 0 fully saturated rings. The topological polar surface area (TPSA) is 41.3 Å². The molecule has 0 aliphatic rings. The van der Waals surface area contributed by atoms with Crippen LogP contribution in [0, 0.1) is 0 Å². The Labute approximate surface area is 111 Å². The van der Waals surface area contributed by atoms with Gasteiger partial charge in [0.2, 0.25) is 0 Å². The van der Waals surface area contributed by atoms with E-state index in [0.717, 1.165) is 17.1 Å². The summed E-state index contributed by atoms with van der Waals surface area (Å²) in [4.78, 5) is 6.31. The van der Waals surface area contributed by atoms with Gasteiger partial charge >= 0.3 is 0 Å². The third-order valence-electron chi connectivity index (χ3n) is 2.96. The van der Waals surface area contributed by atoms with Gasteiger partial charge in [0.05, 0.1) is 13.2 Å². The summed E-state index contributed by atoms with van der Waals surface area (Å²) < 4.78 is 1.97. The lowest BCUT2D eigenvalue weighted by molar-refractivity contribution is 0.282. The summed E-state index contributed by atoms with van der Waals surface area (Å²) in [5, 5.41) is 9.98. The van der Waals surface area contributed by atoms with Crippen LogP contribution >= 0.6 is 11.6 Å². The Kier molecular flexibility index (Phi) is 3.89. The number of aliphatic hydroxyl groups is 1. The molecule has 0 radical (unpaired) electrons. The lowest BCUT2D eigenvalue weighted by atomic mass is 10.1. The van der Waals surface area contributed by atoms with Gasteiger partial charge in [0.15, 0.2) is 0 Å². The van der Waals surface area contributed by atoms with E-state index in [2.05, 4.69) is 4.98 Å². The first kappa shape index (κ1) is 12.9. The van der Waals surface area contributed by atoms with E-state index in [1.807, 2.05) is 41.9 Å². The van der Waals surface area contributed by atoms with Crippen molar-refractivity contribution >= 4 is 17.3 Å². The van der Waals surface area contributed by atoms with Gasteiger partial charge in [-0.1, -0.05) is 17.7 Å². The van der Waals surface area contributed by atoms with Crippen molar-refractivity contribution in [1.82, 2.24) is 9.55 Å². The van der Waals surface area contributed by atoms with Crippen LogP contribution in [-0.4, -0.2) is 21.7 Å². The van der Waals surface area contributed by atoms with Crippen molar-refractivity contribution in [3.8, 4) is 0 Å². The molecule has 18 heavy (non-hydrogen) atoms. The number of nitrogens with zero attached hydrogens (tertiary/aromatic N) is 3. The molecule has 0 saturated heterocycles. The molecule has 0 unspecified atom stereocenters. The molecule has 0 saturated carbocycles. The number of rotatable bonds is 4. The van der Waals surface area contributed by atoms with Gasteiger partial charge in [-0.2, -0.15) is 0 Å². The molecule has 0 aliphatic carbocycles. The molecular formula is C13H16ClN3O. The van der Waals surface area contributed by atoms with Crippen LogP contribution in [-0.2, 0) is 20.2 Å². The lowest BCUT2D eigenvalue weighted by Gasteiger charge is -2.22. The largest absolute Gasteiger partial charge is 0.392 e. The van der Waals surface area contributed by atoms with Crippen LogP contribution in [0.25, 0.3) is 0 Å². The minimum Gasteiger partial charge on any atom is -0.392 e. The van der Waals surface area contributed by atoms with Crippen molar-refractivity contribution in [2.24, 2.45) is 7.05 Å². The normalized spacial score (nSPS) is 10.7. The van der Waals surface area contributed by atoms with Crippen molar-refractivity contribution < 1.29 is 5.11 Å². The third kappa shape index (κ3) is 2.49. The van der Waals surface area contributed by atoms with Crippen molar-refractivity contribution in [3.63, 3.8) is 0 Å². The highest BCUT2D eigenvalue weighted by molar-refractivity contribution is 6.31. The zero-order chi connectivity index (χ0) is 13.1. The molecule has 1 N–H and O–H groups in total. The number of hydrogen-bond donors (Lipinski definition) is 1. The molecular weight excluding hydrogens is 250 g/mol. The number of aromatic nitrogens is 2. The molecule has 96 valence electrons. The summed E-state index contributed by atoms with van der Waals surface area (Å²) in [7, 11) is 3.92. The molecule has 0 aliphatic heterocycles. The van der Waals surface area contributed by atoms with Crippen molar-refractivity contribution in [2.45, 2.75) is 13.2 Å². The predicted molar refractivity (Wildman–Crippen MR) is 72.7 cm³/mol. The van der Waals surface area contributed by atoms with Gasteiger partial charge in [-0.15, -0.1) is 0 Å². The van der Waals surface area contributed by atoms with Crippen LogP contribution in [0.15, 0.2) is 30.6 Å². The van der Waals surface area contributed by atoms with E-state index in [-0.39, 0.29) is 6.61 Å². The molecule has 1 aromatic carbocycles. The fraction of sp³-hybridized carbons (Fsp3) is 0.308. The van der Waals surface area contributed by atoms with Gasteiger partial charge in [-0.3, -0.25) is 0 Å². The first-order valence-corrected chi connectivity index (χ1v) is 6.07. The summed E-state index contributed by atoms with van der Waals surface area (Å²) in [6.45, 7) is 0.594. The lowest BCUT2D eigenvalue weighted by Crippen LogP contribution is -2.20. The molecule has 2 rings (SSSR count). The Balaban J connectivity index is 2.26. The smallest absolute Gasteiger partial charge is 0.127 e. The Bertz CT molecular complexity index is 539. The second-order valence-corrected chi connectivity index (χ2v) is 4.61. The maximum Gasteiger partial charge on any atom is 0.127 e. The SMILES string of the molecule is CN(Cc1nccn1C)c1cccc(Cl)c1CO. The van der Waals surface area contributed by atoms with Gasteiger partial charge < -0.3 is 14.6 Å². The summed E-state index contributed by atoms with van der Waals surface area (Å²) in [6, 6.07) is 5.61. The van der Waals surface area contributed by atoms with E-state index in [1.54, 1.807) is 12.3 Å².